The van der Waals surface area contributed by atoms with Gasteiger partial charge in [-0.25, -0.2) is 4.79 Å². The Labute approximate surface area is 141 Å². The van der Waals surface area contributed by atoms with Crippen LogP contribution in [-0.4, -0.2) is 18.0 Å². The molecule has 120 valence electrons. The minimum atomic E-state index is -0.608. The van der Waals surface area contributed by atoms with Gasteiger partial charge in [-0.2, -0.15) is 0 Å². The molecule has 0 spiro atoms. The Hall–Kier alpha value is -2.41. The number of nitro groups is 1. The summed E-state index contributed by atoms with van der Waals surface area (Å²) in [5.41, 5.74) is 0.868. The summed E-state index contributed by atoms with van der Waals surface area (Å²) in [5, 5.41) is 10.8. The van der Waals surface area contributed by atoms with E-state index in [4.69, 9.17) is 9.47 Å². The van der Waals surface area contributed by atoms with E-state index >= 15 is 0 Å². The van der Waals surface area contributed by atoms with E-state index in [1.54, 1.807) is 37.3 Å². The minimum absolute atomic E-state index is 0.0439. The van der Waals surface area contributed by atoms with Crippen LogP contribution in [0.1, 0.15) is 28.9 Å². The Bertz CT molecular complexity index is 747. The summed E-state index contributed by atoms with van der Waals surface area (Å²) in [7, 11) is 1.53. The average molecular weight is 380 g/mol. The van der Waals surface area contributed by atoms with Gasteiger partial charge in [0.2, 0.25) is 0 Å². The van der Waals surface area contributed by atoms with Crippen LogP contribution in [0.25, 0.3) is 0 Å². The number of non-ortho nitro benzene ring substituents is 1. The first-order chi connectivity index (χ1) is 10.9. The fourth-order valence-corrected chi connectivity index (χ4v) is 2.52. The van der Waals surface area contributed by atoms with Gasteiger partial charge in [-0.3, -0.25) is 10.1 Å². The molecule has 23 heavy (non-hydrogen) atoms. The largest absolute Gasteiger partial charge is 0.496 e. The van der Waals surface area contributed by atoms with Crippen LogP contribution in [0.4, 0.5) is 5.69 Å². The highest BCUT2D eigenvalue weighted by atomic mass is 79.9. The van der Waals surface area contributed by atoms with Crippen molar-refractivity contribution in [3.63, 3.8) is 0 Å². The first-order valence-electron chi connectivity index (χ1n) is 6.71. The zero-order chi connectivity index (χ0) is 17.0. The van der Waals surface area contributed by atoms with Crippen LogP contribution in [0, 0.1) is 10.1 Å². The number of methoxy groups -OCH3 is 1. The highest BCUT2D eigenvalue weighted by molar-refractivity contribution is 9.10. The third kappa shape index (κ3) is 4.07. The summed E-state index contributed by atoms with van der Waals surface area (Å²) in [5.74, 6) is 0.0839. The number of nitro benzene ring substituents is 1. The van der Waals surface area contributed by atoms with Crippen LogP contribution in [-0.2, 0) is 4.74 Å². The van der Waals surface area contributed by atoms with Crippen molar-refractivity contribution >= 4 is 27.6 Å². The van der Waals surface area contributed by atoms with Gasteiger partial charge in [0.25, 0.3) is 5.69 Å². The molecule has 0 saturated carbocycles. The normalized spacial score (nSPS) is 11.6. The first-order valence-corrected chi connectivity index (χ1v) is 7.50. The van der Waals surface area contributed by atoms with Crippen LogP contribution in [0.5, 0.6) is 5.75 Å². The monoisotopic (exact) mass is 379 g/mol. The lowest BCUT2D eigenvalue weighted by molar-refractivity contribution is -0.385. The number of nitrogens with zero attached hydrogens (tertiary/aromatic N) is 1. The fourth-order valence-electron chi connectivity index (χ4n) is 1.98. The summed E-state index contributed by atoms with van der Waals surface area (Å²) in [6.45, 7) is 1.66. The zero-order valence-corrected chi connectivity index (χ0v) is 14.1. The fraction of sp³-hybridized carbons (Fsp3) is 0.188. The smallest absolute Gasteiger partial charge is 0.338 e. The quantitative estimate of drug-likeness (QED) is 0.439. The van der Waals surface area contributed by atoms with Crippen LogP contribution >= 0.6 is 15.9 Å². The van der Waals surface area contributed by atoms with Gasteiger partial charge in [-0.05, 0) is 46.6 Å². The van der Waals surface area contributed by atoms with Crippen molar-refractivity contribution in [2.45, 2.75) is 13.0 Å². The third-order valence-electron chi connectivity index (χ3n) is 3.22. The van der Waals surface area contributed by atoms with Crippen LogP contribution in [0.2, 0.25) is 0 Å². The molecule has 7 heteroatoms. The predicted octanol–water partition coefficient (Wildman–Crippen LogP) is 4.28. The predicted molar refractivity (Wildman–Crippen MR) is 87.6 cm³/mol. The Morgan fingerprint density at radius 2 is 2.00 bits per heavy atom. The number of benzene rings is 2. The number of hydrogen-bond acceptors (Lipinski definition) is 5. The van der Waals surface area contributed by atoms with E-state index in [0.717, 1.165) is 0 Å². The minimum Gasteiger partial charge on any atom is -0.496 e. The second-order valence-electron chi connectivity index (χ2n) is 4.75. The maximum atomic E-state index is 12.2. The van der Waals surface area contributed by atoms with Crippen molar-refractivity contribution in [2.24, 2.45) is 0 Å². The molecular formula is C16H14BrNO5. The first kappa shape index (κ1) is 17.0. The molecule has 0 heterocycles. The molecule has 2 aromatic rings. The topological polar surface area (TPSA) is 78.7 Å². The molecule has 0 amide bonds. The standard InChI is InChI=1S/C16H14BrNO5/c1-10(11-4-3-5-13(8-11)18(20)21)23-16(19)12-6-7-15(22-2)14(17)9-12/h3-10H,1-2H3/t10-/m1/s1. The lowest BCUT2D eigenvalue weighted by Crippen LogP contribution is -2.09. The van der Waals surface area contributed by atoms with Crippen molar-refractivity contribution < 1.29 is 19.2 Å². The lowest BCUT2D eigenvalue weighted by Gasteiger charge is -2.14. The van der Waals surface area contributed by atoms with E-state index in [0.29, 0.717) is 21.3 Å². The van der Waals surface area contributed by atoms with E-state index < -0.39 is 17.0 Å². The number of ether oxygens (including phenoxy) is 2. The van der Waals surface area contributed by atoms with Gasteiger partial charge in [-0.15, -0.1) is 0 Å². The van der Waals surface area contributed by atoms with Crippen molar-refractivity contribution in [1.82, 2.24) is 0 Å². The molecular weight excluding hydrogens is 366 g/mol. The highest BCUT2D eigenvalue weighted by Gasteiger charge is 2.17. The van der Waals surface area contributed by atoms with Gasteiger partial charge >= 0.3 is 5.97 Å². The Kier molecular flexibility index (Phi) is 5.33. The van der Waals surface area contributed by atoms with Gasteiger partial charge in [0, 0.05) is 12.1 Å². The van der Waals surface area contributed by atoms with Crippen LogP contribution < -0.4 is 4.74 Å². The van der Waals surface area contributed by atoms with E-state index in [1.807, 2.05) is 0 Å². The average Bonchev–Trinajstić information content (AvgIpc) is 2.54. The number of halogens is 1. The molecule has 0 unspecified atom stereocenters. The third-order valence-corrected chi connectivity index (χ3v) is 3.84. The van der Waals surface area contributed by atoms with Crippen molar-refractivity contribution in [3.8, 4) is 5.75 Å². The van der Waals surface area contributed by atoms with Crippen LogP contribution in [0.15, 0.2) is 46.9 Å². The van der Waals surface area contributed by atoms with E-state index in [9.17, 15) is 14.9 Å². The summed E-state index contributed by atoms with van der Waals surface area (Å²) < 4.78 is 11.1. The highest BCUT2D eigenvalue weighted by Crippen LogP contribution is 2.27. The molecule has 0 bridgehead atoms. The molecule has 0 fully saturated rings. The van der Waals surface area contributed by atoms with Crippen molar-refractivity contribution in [1.29, 1.82) is 0 Å². The number of hydrogen-bond donors (Lipinski definition) is 0. The molecule has 0 N–H and O–H groups in total. The Balaban J connectivity index is 2.15. The summed E-state index contributed by atoms with van der Waals surface area (Å²) in [6, 6.07) is 10.9. The molecule has 2 aromatic carbocycles. The Morgan fingerprint density at radius 1 is 1.26 bits per heavy atom. The van der Waals surface area contributed by atoms with Gasteiger partial charge in [0.1, 0.15) is 11.9 Å². The lowest BCUT2D eigenvalue weighted by atomic mass is 10.1. The summed E-state index contributed by atoms with van der Waals surface area (Å²) in [4.78, 5) is 22.5. The van der Waals surface area contributed by atoms with E-state index in [1.165, 1.54) is 19.2 Å². The SMILES string of the molecule is COc1ccc(C(=O)O[C@H](C)c2cccc([N+](=O)[O-])c2)cc1Br. The molecule has 0 aliphatic rings. The van der Waals surface area contributed by atoms with Gasteiger partial charge in [0.05, 0.1) is 22.1 Å². The Morgan fingerprint density at radius 3 is 2.61 bits per heavy atom. The second kappa shape index (κ2) is 7.23. The molecule has 6 nitrogen and oxygen atoms in total. The maximum Gasteiger partial charge on any atom is 0.338 e. The van der Waals surface area contributed by atoms with Crippen molar-refractivity contribution in [3.05, 3.63) is 68.2 Å². The van der Waals surface area contributed by atoms with Crippen molar-refractivity contribution in [2.75, 3.05) is 7.11 Å². The maximum absolute atomic E-state index is 12.2. The van der Waals surface area contributed by atoms with Gasteiger partial charge in [0.15, 0.2) is 0 Å². The van der Waals surface area contributed by atoms with Crippen LogP contribution in [0.3, 0.4) is 0 Å². The molecule has 0 aliphatic heterocycles. The number of carbonyl (C=O) groups excluding carboxylic acids is 1. The summed E-state index contributed by atoms with van der Waals surface area (Å²) >= 11 is 3.30. The number of carbonyl (C=O) groups is 1. The second-order valence-corrected chi connectivity index (χ2v) is 5.60. The van der Waals surface area contributed by atoms with E-state index in [-0.39, 0.29) is 5.69 Å². The number of rotatable bonds is 5. The molecule has 0 saturated heterocycles. The van der Waals surface area contributed by atoms with Gasteiger partial charge < -0.3 is 9.47 Å². The molecule has 0 aliphatic carbocycles. The molecule has 1 atom stereocenters. The summed E-state index contributed by atoms with van der Waals surface area (Å²) in [6.07, 6.45) is -0.608. The molecule has 0 radical (unpaired) electrons. The molecule has 0 aromatic heterocycles. The zero-order valence-electron chi connectivity index (χ0n) is 12.5. The number of esters is 1. The van der Waals surface area contributed by atoms with Gasteiger partial charge in [-0.1, -0.05) is 12.1 Å². The molecule has 2 rings (SSSR count). The van der Waals surface area contributed by atoms with E-state index in [2.05, 4.69) is 15.9 Å².